The van der Waals surface area contributed by atoms with Crippen molar-refractivity contribution in [3.8, 4) is 5.88 Å². The van der Waals surface area contributed by atoms with Gasteiger partial charge in [0.2, 0.25) is 11.8 Å². The van der Waals surface area contributed by atoms with Gasteiger partial charge < -0.3 is 15.4 Å². The highest BCUT2D eigenvalue weighted by Gasteiger charge is 2.16. The van der Waals surface area contributed by atoms with Gasteiger partial charge in [-0.15, -0.1) is 0 Å². The third-order valence-electron chi connectivity index (χ3n) is 3.65. The predicted octanol–water partition coefficient (Wildman–Crippen LogP) is 2.70. The molecule has 1 amide bonds. The van der Waals surface area contributed by atoms with Crippen LogP contribution >= 0.6 is 0 Å². The van der Waals surface area contributed by atoms with Crippen LogP contribution in [0, 0.1) is 0 Å². The average molecular weight is 317 g/mol. The second-order valence-corrected chi connectivity index (χ2v) is 5.36. The van der Waals surface area contributed by atoms with Crippen LogP contribution in [0.15, 0.2) is 30.6 Å². The maximum atomic E-state index is 12.3. The van der Waals surface area contributed by atoms with Gasteiger partial charge in [0.05, 0.1) is 31.2 Å². The molecule has 0 radical (unpaired) electrons. The molecule has 2 aromatic rings. The Kier molecular flexibility index (Phi) is 5.56. The largest absolute Gasteiger partial charge is 0.481 e. The van der Waals surface area contributed by atoms with Crippen LogP contribution in [0.25, 0.3) is 0 Å². The van der Waals surface area contributed by atoms with Crippen LogP contribution in [0.3, 0.4) is 0 Å². The number of carbonyl (C=O) groups is 1. The normalized spacial score (nSPS) is 13.2. The lowest BCUT2D eigenvalue weighted by Gasteiger charge is -2.18. The number of nitrogens with one attached hydrogen (secondary N) is 2. The number of rotatable bonds is 7. The number of hydrogen-bond acceptors (Lipinski definition) is 5. The lowest BCUT2D eigenvalue weighted by atomic mass is 10.2. The van der Waals surface area contributed by atoms with E-state index < -0.39 is 6.04 Å². The maximum absolute atomic E-state index is 12.3. The predicted molar refractivity (Wildman–Crippen MR) is 89.7 cm³/mol. The number of anilines is 2. The van der Waals surface area contributed by atoms with E-state index in [2.05, 4.69) is 34.6 Å². The fourth-order valence-corrected chi connectivity index (χ4v) is 2.07. The van der Waals surface area contributed by atoms with E-state index in [4.69, 9.17) is 4.74 Å². The number of carbonyl (C=O) groups excluding carboxylic acids is 1. The fraction of sp³-hybridized carbons (Fsp3) is 0.438. The van der Waals surface area contributed by atoms with Gasteiger partial charge in [0.1, 0.15) is 11.9 Å². The molecule has 0 saturated carbocycles. The molecule has 2 rings (SSSR count). The number of pyridine rings is 1. The van der Waals surface area contributed by atoms with Gasteiger partial charge in [-0.1, -0.05) is 6.92 Å². The second-order valence-electron chi connectivity index (χ2n) is 5.36. The molecular formula is C16H23N5O2. The zero-order chi connectivity index (χ0) is 16.8. The van der Waals surface area contributed by atoms with Crippen molar-refractivity contribution >= 4 is 17.4 Å². The van der Waals surface area contributed by atoms with Crippen molar-refractivity contribution in [3.05, 3.63) is 30.6 Å². The minimum atomic E-state index is -0.412. The first-order valence-corrected chi connectivity index (χ1v) is 7.66. The van der Waals surface area contributed by atoms with E-state index in [0.29, 0.717) is 11.7 Å². The standard InChI is InChI=1S/C16H23N5O2/c1-5-11(2)21-14(8-9-18-21)20-16(22)12(3)19-13-6-7-15(23-4)17-10-13/h6-12,19H,5H2,1-4H3,(H,20,22)/t11-,12-/m0/s1. The minimum absolute atomic E-state index is 0.133. The van der Waals surface area contributed by atoms with Crippen LogP contribution in [-0.2, 0) is 4.79 Å². The Morgan fingerprint density at radius 3 is 2.74 bits per heavy atom. The van der Waals surface area contributed by atoms with Gasteiger partial charge in [-0.3, -0.25) is 4.79 Å². The van der Waals surface area contributed by atoms with Crippen molar-refractivity contribution < 1.29 is 9.53 Å². The molecule has 0 unspecified atom stereocenters. The van der Waals surface area contributed by atoms with Crippen LogP contribution in [-0.4, -0.2) is 33.8 Å². The van der Waals surface area contributed by atoms with E-state index in [1.54, 1.807) is 38.6 Å². The molecule has 0 aliphatic heterocycles. The molecular weight excluding hydrogens is 294 g/mol. The number of nitrogens with zero attached hydrogens (tertiary/aromatic N) is 3. The van der Waals surface area contributed by atoms with E-state index in [9.17, 15) is 4.79 Å². The number of amides is 1. The van der Waals surface area contributed by atoms with Crippen LogP contribution < -0.4 is 15.4 Å². The molecule has 2 atom stereocenters. The van der Waals surface area contributed by atoms with Crippen molar-refractivity contribution in [3.63, 3.8) is 0 Å². The zero-order valence-corrected chi connectivity index (χ0v) is 13.9. The molecule has 7 heteroatoms. The second kappa shape index (κ2) is 7.62. The van der Waals surface area contributed by atoms with E-state index >= 15 is 0 Å². The number of hydrogen-bond donors (Lipinski definition) is 2. The summed E-state index contributed by atoms with van der Waals surface area (Å²) in [6.45, 7) is 5.94. The summed E-state index contributed by atoms with van der Waals surface area (Å²) in [4.78, 5) is 16.4. The van der Waals surface area contributed by atoms with Gasteiger partial charge in [0.25, 0.3) is 0 Å². The topological polar surface area (TPSA) is 81.1 Å². The molecule has 0 aliphatic rings. The van der Waals surface area contributed by atoms with E-state index in [1.165, 1.54) is 0 Å². The Balaban J connectivity index is 1.98. The average Bonchev–Trinajstić information content (AvgIpc) is 3.02. The van der Waals surface area contributed by atoms with Crippen molar-refractivity contribution in [1.29, 1.82) is 0 Å². The molecule has 0 bridgehead atoms. The number of aromatic nitrogens is 3. The van der Waals surface area contributed by atoms with Crippen LogP contribution in [0.1, 0.15) is 33.2 Å². The summed E-state index contributed by atoms with van der Waals surface area (Å²) in [5.41, 5.74) is 0.754. The highest BCUT2D eigenvalue weighted by Crippen LogP contribution is 2.17. The first kappa shape index (κ1) is 16.8. The monoisotopic (exact) mass is 317 g/mol. The van der Waals surface area contributed by atoms with E-state index in [0.717, 1.165) is 12.1 Å². The van der Waals surface area contributed by atoms with Gasteiger partial charge in [0, 0.05) is 12.1 Å². The smallest absolute Gasteiger partial charge is 0.247 e. The summed E-state index contributed by atoms with van der Waals surface area (Å²) >= 11 is 0. The molecule has 0 fully saturated rings. The molecule has 2 heterocycles. The SMILES string of the molecule is CC[C@H](C)n1nccc1NC(=O)[C@H](C)Nc1ccc(OC)nc1. The van der Waals surface area contributed by atoms with Gasteiger partial charge in [0.15, 0.2) is 0 Å². The first-order chi connectivity index (χ1) is 11.0. The van der Waals surface area contributed by atoms with Crippen LogP contribution in [0.5, 0.6) is 5.88 Å². The fourth-order valence-electron chi connectivity index (χ4n) is 2.07. The molecule has 0 aliphatic carbocycles. The van der Waals surface area contributed by atoms with Crippen molar-refractivity contribution in [2.45, 2.75) is 39.3 Å². The van der Waals surface area contributed by atoms with Crippen LogP contribution in [0.4, 0.5) is 11.5 Å². The highest BCUT2D eigenvalue weighted by molar-refractivity contribution is 5.95. The van der Waals surface area contributed by atoms with Gasteiger partial charge >= 0.3 is 0 Å². The van der Waals surface area contributed by atoms with E-state index in [-0.39, 0.29) is 11.9 Å². The van der Waals surface area contributed by atoms with Crippen molar-refractivity contribution in [2.75, 3.05) is 17.7 Å². The van der Waals surface area contributed by atoms with Gasteiger partial charge in [-0.2, -0.15) is 5.10 Å². The lowest BCUT2D eigenvalue weighted by molar-refractivity contribution is -0.116. The first-order valence-electron chi connectivity index (χ1n) is 7.66. The summed E-state index contributed by atoms with van der Waals surface area (Å²) in [6.07, 6.45) is 4.26. The molecule has 0 aromatic carbocycles. The lowest BCUT2D eigenvalue weighted by Crippen LogP contribution is -2.32. The molecule has 2 N–H and O–H groups in total. The third kappa shape index (κ3) is 4.21. The Morgan fingerprint density at radius 1 is 1.35 bits per heavy atom. The molecule has 23 heavy (non-hydrogen) atoms. The Hall–Kier alpha value is -2.57. The summed E-state index contributed by atoms with van der Waals surface area (Å²) in [7, 11) is 1.56. The number of ether oxygens (including phenoxy) is 1. The molecule has 0 spiro atoms. The van der Waals surface area contributed by atoms with Crippen LogP contribution in [0.2, 0.25) is 0 Å². The summed E-state index contributed by atoms with van der Waals surface area (Å²) in [5.74, 6) is 1.10. The minimum Gasteiger partial charge on any atom is -0.481 e. The quantitative estimate of drug-likeness (QED) is 0.820. The highest BCUT2D eigenvalue weighted by atomic mass is 16.5. The third-order valence-corrected chi connectivity index (χ3v) is 3.65. The Morgan fingerprint density at radius 2 is 2.13 bits per heavy atom. The molecule has 0 saturated heterocycles. The zero-order valence-electron chi connectivity index (χ0n) is 13.9. The maximum Gasteiger partial charge on any atom is 0.247 e. The van der Waals surface area contributed by atoms with E-state index in [1.807, 2.05) is 10.7 Å². The Labute approximate surface area is 136 Å². The van der Waals surface area contributed by atoms with Crippen molar-refractivity contribution in [2.24, 2.45) is 0 Å². The molecule has 124 valence electrons. The van der Waals surface area contributed by atoms with Crippen molar-refractivity contribution in [1.82, 2.24) is 14.8 Å². The molecule has 7 nitrogen and oxygen atoms in total. The summed E-state index contributed by atoms with van der Waals surface area (Å²) in [6, 6.07) is 5.18. The Bertz CT molecular complexity index is 638. The van der Waals surface area contributed by atoms with Gasteiger partial charge in [-0.25, -0.2) is 9.67 Å². The number of methoxy groups -OCH3 is 1. The summed E-state index contributed by atoms with van der Waals surface area (Å²) < 4.78 is 6.83. The summed E-state index contributed by atoms with van der Waals surface area (Å²) in [5, 5.41) is 10.3. The van der Waals surface area contributed by atoms with Gasteiger partial charge in [-0.05, 0) is 26.3 Å². The molecule has 2 aromatic heterocycles.